The van der Waals surface area contributed by atoms with Crippen molar-refractivity contribution in [3.8, 4) is 11.9 Å². The highest BCUT2D eigenvalue weighted by Crippen LogP contribution is 2.49. The molecule has 0 saturated carbocycles. The highest BCUT2D eigenvalue weighted by Gasteiger charge is 2.48. The molecule has 1 fully saturated rings. The van der Waals surface area contributed by atoms with E-state index in [-0.39, 0.29) is 5.88 Å². The van der Waals surface area contributed by atoms with Crippen LogP contribution in [0.5, 0.6) is 5.88 Å². The van der Waals surface area contributed by atoms with Crippen LogP contribution in [-0.2, 0) is 16.8 Å². The molecule has 1 aromatic rings. The second-order valence-electron chi connectivity index (χ2n) is 5.65. The molecule has 21 heavy (non-hydrogen) atoms. The number of nitrogens with zero attached hydrogens (tertiary/aromatic N) is 3. The molecule has 0 bridgehead atoms. The van der Waals surface area contributed by atoms with Crippen LogP contribution in [0.3, 0.4) is 0 Å². The number of piperidine rings is 1. The first kappa shape index (κ1) is 13.9. The summed E-state index contributed by atoms with van der Waals surface area (Å²) >= 11 is 0. The molecular formula is C14H19N5O2. The number of hydrogen-bond donors (Lipinski definition) is 2. The van der Waals surface area contributed by atoms with Crippen molar-refractivity contribution < 1.29 is 9.47 Å². The number of rotatable bonds is 2. The number of methoxy groups -OCH3 is 1. The molecule has 0 amide bonds. The molecule has 7 heteroatoms. The molecule has 2 aliphatic heterocycles. The van der Waals surface area contributed by atoms with Gasteiger partial charge in [0.05, 0.1) is 17.9 Å². The van der Waals surface area contributed by atoms with E-state index < -0.39 is 5.41 Å². The number of allylic oxidation sites excluding steroid dienone is 1. The highest BCUT2D eigenvalue weighted by molar-refractivity contribution is 5.54. The Morgan fingerprint density at radius 2 is 2.24 bits per heavy atom. The molecule has 0 aromatic carbocycles. The number of nitrogens with one attached hydrogen (secondary N) is 1. The van der Waals surface area contributed by atoms with Gasteiger partial charge in [-0.2, -0.15) is 5.26 Å². The van der Waals surface area contributed by atoms with Crippen LogP contribution in [0.4, 0.5) is 0 Å². The van der Waals surface area contributed by atoms with Gasteiger partial charge in [-0.1, -0.05) is 0 Å². The van der Waals surface area contributed by atoms with Gasteiger partial charge in [0.2, 0.25) is 11.8 Å². The first-order valence-corrected chi connectivity index (χ1v) is 6.95. The lowest BCUT2D eigenvalue weighted by Crippen LogP contribution is -2.45. The van der Waals surface area contributed by atoms with Crippen LogP contribution in [0, 0.1) is 11.3 Å². The molecule has 0 unspecified atom stereocenters. The third-order valence-electron chi connectivity index (χ3n) is 4.46. The molecule has 112 valence electrons. The third kappa shape index (κ3) is 1.99. The summed E-state index contributed by atoms with van der Waals surface area (Å²) in [4.78, 5) is 2.25. The molecule has 1 saturated heterocycles. The Bertz CT molecular complexity index is 620. The SMILES string of the molecule is COCc1[nH]nc2c1C1(CCN(C)CC1)C(C#N)=C(N)O2. The van der Waals surface area contributed by atoms with Gasteiger partial charge in [-0.15, -0.1) is 5.10 Å². The van der Waals surface area contributed by atoms with Gasteiger partial charge >= 0.3 is 0 Å². The number of H-pyrrole nitrogens is 1. The molecule has 3 N–H and O–H groups in total. The first-order valence-electron chi connectivity index (χ1n) is 6.95. The van der Waals surface area contributed by atoms with E-state index in [1.807, 2.05) is 0 Å². The Kier molecular flexibility index (Phi) is 3.35. The summed E-state index contributed by atoms with van der Waals surface area (Å²) in [5.74, 6) is 0.646. The molecule has 0 radical (unpaired) electrons. The van der Waals surface area contributed by atoms with E-state index in [2.05, 4.69) is 28.2 Å². The van der Waals surface area contributed by atoms with Crippen LogP contribution in [0.2, 0.25) is 0 Å². The lowest BCUT2D eigenvalue weighted by molar-refractivity contribution is 0.171. The summed E-state index contributed by atoms with van der Waals surface area (Å²) < 4.78 is 10.8. The van der Waals surface area contributed by atoms with Gasteiger partial charge in [0.15, 0.2) is 0 Å². The van der Waals surface area contributed by atoms with E-state index in [0.717, 1.165) is 37.2 Å². The Labute approximate surface area is 123 Å². The van der Waals surface area contributed by atoms with E-state index >= 15 is 0 Å². The molecule has 2 aliphatic rings. The fraction of sp³-hybridized carbons (Fsp3) is 0.571. The number of nitriles is 1. The van der Waals surface area contributed by atoms with Crippen LogP contribution >= 0.6 is 0 Å². The number of aromatic nitrogens is 2. The first-order chi connectivity index (χ1) is 10.1. The minimum Gasteiger partial charge on any atom is -0.420 e. The lowest BCUT2D eigenvalue weighted by Gasteiger charge is -2.42. The van der Waals surface area contributed by atoms with Crippen LogP contribution in [0.1, 0.15) is 24.1 Å². The largest absolute Gasteiger partial charge is 0.420 e. The Morgan fingerprint density at radius 1 is 1.52 bits per heavy atom. The second-order valence-corrected chi connectivity index (χ2v) is 5.65. The van der Waals surface area contributed by atoms with E-state index in [1.165, 1.54) is 0 Å². The summed E-state index contributed by atoms with van der Waals surface area (Å²) in [7, 11) is 3.71. The number of hydrogen-bond acceptors (Lipinski definition) is 6. The minimum absolute atomic E-state index is 0.171. The highest BCUT2D eigenvalue weighted by atomic mass is 16.5. The van der Waals surface area contributed by atoms with Gasteiger partial charge in [-0.25, -0.2) is 0 Å². The smallest absolute Gasteiger partial charge is 0.244 e. The zero-order chi connectivity index (χ0) is 15.0. The summed E-state index contributed by atoms with van der Waals surface area (Å²) in [6.07, 6.45) is 1.64. The van der Waals surface area contributed by atoms with Crippen LogP contribution in [0.15, 0.2) is 11.5 Å². The molecule has 0 atom stereocenters. The summed E-state index contributed by atoms with van der Waals surface area (Å²) in [5.41, 5.74) is 7.85. The number of fused-ring (bicyclic) bond motifs is 2. The maximum atomic E-state index is 9.59. The van der Waals surface area contributed by atoms with Gasteiger partial charge in [0.1, 0.15) is 11.6 Å². The van der Waals surface area contributed by atoms with Gasteiger partial charge in [0.25, 0.3) is 0 Å². The predicted octanol–water partition coefficient (Wildman–Crippen LogP) is 0.606. The minimum atomic E-state index is -0.417. The van der Waals surface area contributed by atoms with Crippen molar-refractivity contribution in [2.45, 2.75) is 24.9 Å². The van der Waals surface area contributed by atoms with E-state index in [9.17, 15) is 5.26 Å². The lowest BCUT2D eigenvalue weighted by atomic mass is 9.67. The van der Waals surface area contributed by atoms with Crippen molar-refractivity contribution in [2.75, 3.05) is 27.2 Å². The maximum absolute atomic E-state index is 9.59. The Balaban J connectivity index is 2.15. The molecule has 3 rings (SSSR count). The van der Waals surface area contributed by atoms with Gasteiger partial charge in [0, 0.05) is 12.5 Å². The number of nitrogens with two attached hydrogens (primary N) is 1. The van der Waals surface area contributed by atoms with Crippen molar-refractivity contribution in [2.24, 2.45) is 5.73 Å². The van der Waals surface area contributed by atoms with Crippen LogP contribution in [-0.4, -0.2) is 42.3 Å². The number of aromatic amines is 1. The standard InChI is InChI=1S/C14H19N5O2/c1-19-5-3-14(4-6-19)9(7-15)12(16)21-13-11(14)10(8-20-2)17-18-13/h3-6,8,16H2,1-2H3,(H,17,18). The fourth-order valence-electron chi connectivity index (χ4n) is 3.35. The third-order valence-corrected chi connectivity index (χ3v) is 4.46. The van der Waals surface area contributed by atoms with E-state index in [1.54, 1.807) is 7.11 Å². The predicted molar refractivity (Wildman–Crippen MR) is 75.2 cm³/mol. The molecule has 7 nitrogen and oxygen atoms in total. The quantitative estimate of drug-likeness (QED) is 0.827. The van der Waals surface area contributed by atoms with E-state index in [4.69, 9.17) is 15.2 Å². The Hall–Kier alpha value is -2.04. The summed E-state index contributed by atoms with van der Waals surface area (Å²) in [6.45, 7) is 2.20. The second kappa shape index (κ2) is 5.06. The maximum Gasteiger partial charge on any atom is 0.244 e. The van der Waals surface area contributed by atoms with Crippen molar-refractivity contribution in [3.05, 3.63) is 22.7 Å². The van der Waals surface area contributed by atoms with Crippen LogP contribution < -0.4 is 10.5 Å². The topological polar surface area (TPSA) is 100 Å². The Morgan fingerprint density at radius 3 is 2.86 bits per heavy atom. The van der Waals surface area contributed by atoms with Gasteiger partial charge in [-0.3, -0.25) is 5.10 Å². The van der Waals surface area contributed by atoms with Gasteiger partial charge in [-0.05, 0) is 33.0 Å². The van der Waals surface area contributed by atoms with Gasteiger partial charge < -0.3 is 20.1 Å². The number of ether oxygens (including phenoxy) is 2. The molecular weight excluding hydrogens is 270 g/mol. The van der Waals surface area contributed by atoms with E-state index in [0.29, 0.717) is 18.1 Å². The average Bonchev–Trinajstić information content (AvgIpc) is 2.86. The molecule has 1 spiro atoms. The van der Waals surface area contributed by atoms with Crippen LogP contribution in [0.25, 0.3) is 0 Å². The number of likely N-dealkylation sites (tertiary alicyclic amines) is 1. The van der Waals surface area contributed by atoms with Crippen molar-refractivity contribution in [1.29, 1.82) is 5.26 Å². The summed E-state index contributed by atoms with van der Waals surface area (Å²) in [5, 5.41) is 16.7. The zero-order valence-corrected chi connectivity index (χ0v) is 12.3. The monoisotopic (exact) mass is 289 g/mol. The average molecular weight is 289 g/mol. The molecule has 0 aliphatic carbocycles. The molecule has 1 aromatic heterocycles. The fourth-order valence-corrected chi connectivity index (χ4v) is 3.35. The summed E-state index contributed by atoms with van der Waals surface area (Å²) in [6, 6.07) is 2.26. The van der Waals surface area contributed by atoms with Crippen molar-refractivity contribution in [1.82, 2.24) is 15.1 Å². The normalized spacial score (nSPS) is 21.0. The van der Waals surface area contributed by atoms with Crippen molar-refractivity contribution >= 4 is 0 Å². The zero-order valence-electron chi connectivity index (χ0n) is 12.3. The van der Waals surface area contributed by atoms with Crippen molar-refractivity contribution in [3.63, 3.8) is 0 Å². The molecule has 3 heterocycles.